The first-order valence-corrected chi connectivity index (χ1v) is 4.01. The van der Waals surface area contributed by atoms with E-state index in [1.54, 1.807) is 0 Å². The van der Waals surface area contributed by atoms with Crippen LogP contribution in [0.2, 0.25) is 5.02 Å². The maximum Gasteiger partial charge on any atom is 0.285 e. The maximum absolute atomic E-state index is 11.2. The van der Waals surface area contributed by atoms with Crippen molar-refractivity contribution in [1.29, 1.82) is 0 Å². The van der Waals surface area contributed by atoms with Crippen LogP contribution in [-0.2, 0) is 0 Å². The molecule has 2 rings (SSSR count). The number of hydrogen-bond donors (Lipinski definition) is 2. The van der Waals surface area contributed by atoms with E-state index in [0.717, 1.165) is 6.07 Å². The van der Waals surface area contributed by atoms with Gasteiger partial charge in [-0.05, 0) is 6.07 Å². The van der Waals surface area contributed by atoms with Crippen molar-refractivity contribution in [1.82, 2.24) is 10.2 Å². The van der Waals surface area contributed by atoms with Gasteiger partial charge in [-0.15, -0.1) is 0 Å². The molecule has 1 aromatic carbocycles. The van der Waals surface area contributed by atoms with Gasteiger partial charge in [-0.1, -0.05) is 11.6 Å². The third-order valence-corrected chi connectivity index (χ3v) is 2.03. The van der Waals surface area contributed by atoms with Crippen LogP contribution in [0.4, 0.5) is 5.69 Å². The van der Waals surface area contributed by atoms with E-state index in [-0.39, 0.29) is 16.1 Å². The molecule has 0 unspecified atom stereocenters. The topological polar surface area (TPSA) is 91.8 Å². The first kappa shape index (κ1) is 8.76. The highest BCUT2D eigenvalue weighted by atomic mass is 35.5. The highest BCUT2D eigenvalue weighted by Crippen LogP contribution is 2.25. The Kier molecular flexibility index (Phi) is 1.78. The molecule has 7 heteroatoms. The zero-order valence-electron chi connectivity index (χ0n) is 6.70. The molecule has 0 saturated heterocycles. The average molecular weight is 214 g/mol. The molecule has 6 nitrogen and oxygen atoms in total. The Morgan fingerprint density at radius 2 is 2.07 bits per heavy atom. The van der Waals surface area contributed by atoms with Gasteiger partial charge in [-0.25, -0.2) is 0 Å². The number of non-ortho nitro benzene ring substituents is 1. The number of hydrogen-bond acceptors (Lipinski definition) is 3. The molecule has 1 heterocycles. The summed E-state index contributed by atoms with van der Waals surface area (Å²) >= 11 is 5.64. The lowest BCUT2D eigenvalue weighted by Gasteiger charge is -1.93. The molecule has 2 aromatic rings. The molecule has 0 aliphatic rings. The Bertz CT molecular complexity index is 571. The first-order chi connectivity index (χ1) is 6.59. The van der Waals surface area contributed by atoms with Crippen LogP contribution in [0, 0.1) is 10.1 Å². The standard InChI is InChI=1S/C7H4ClN3O3/c8-3-1-4-6(7(12)10-9-4)5(2-3)11(13)14/h1-2H,(H2,9,10,12). The summed E-state index contributed by atoms with van der Waals surface area (Å²) < 4.78 is 0. The van der Waals surface area contributed by atoms with Gasteiger partial charge < -0.3 is 0 Å². The summed E-state index contributed by atoms with van der Waals surface area (Å²) in [6.07, 6.45) is 0. The number of rotatable bonds is 1. The molecular formula is C7H4ClN3O3. The number of aromatic amines is 2. The molecule has 72 valence electrons. The first-order valence-electron chi connectivity index (χ1n) is 3.64. The van der Waals surface area contributed by atoms with E-state index in [1.807, 2.05) is 0 Å². The number of nitrogens with zero attached hydrogens (tertiary/aromatic N) is 1. The number of fused-ring (bicyclic) bond motifs is 1. The van der Waals surface area contributed by atoms with Crippen molar-refractivity contribution >= 4 is 28.2 Å². The van der Waals surface area contributed by atoms with E-state index in [0.29, 0.717) is 5.52 Å². The largest absolute Gasteiger partial charge is 0.297 e. The van der Waals surface area contributed by atoms with E-state index in [9.17, 15) is 14.9 Å². The van der Waals surface area contributed by atoms with Crippen LogP contribution in [0.5, 0.6) is 0 Å². The second kappa shape index (κ2) is 2.85. The van der Waals surface area contributed by atoms with Crippen LogP contribution in [0.25, 0.3) is 10.9 Å². The molecule has 0 aliphatic heterocycles. The van der Waals surface area contributed by atoms with Crippen LogP contribution >= 0.6 is 11.6 Å². The summed E-state index contributed by atoms with van der Waals surface area (Å²) in [4.78, 5) is 21.1. The van der Waals surface area contributed by atoms with E-state index in [4.69, 9.17) is 11.6 Å². The molecule has 14 heavy (non-hydrogen) atoms. The second-order valence-electron chi connectivity index (χ2n) is 2.68. The van der Waals surface area contributed by atoms with Crippen molar-refractivity contribution in [2.24, 2.45) is 0 Å². The number of nitro groups is 1. The molecule has 0 radical (unpaired) electrons. The van der Waals surface area contributed by atoms with Gasteiger partial charge in [-0.3, -0.25) is 25.1 Å². The summed E-state index contributed by atoms with van der Waals surface area (Å²) in [6, 6.07) is 2.59. The van der Waals surface area contributed by atoms with Crippen LogP contribution in [0.3, 0.4) is 0 Å². The van der Waals surface area contributed by atoms with Gasteiger partial charge >= 0.3 is 0 Å². The summed E-state index contributed by atoms with van der Waals surface area (Å²) in [5.41, 5.74) is -0.493. The van der Waals surface area contributed by atoms with Crippen LogP contribution in [0.15, 0.2) is 16.9 Å². The van der Waals surface area contributed by atoms with Crippen LogP contribution in [-0.4, -0.2) is 15.1 Å². The van der Waals surface area contributed by atoms with Crippen LogP contribution < -0.4 is 5.56 Å². The fraction of sp³-hybridized carbons (Fsp3) is 0. The molecule has 0 aliphatic carbocycles. The zero-order chi connectivity index (χ0) is 10.3. The van der Waals surface area contributed by atoms with Crippen molar-refractivity contribution in [2.45, 2.75) is 0 Å². The maximum atomic E-state index is 11.2. The highest BCUT2D eigenvalue weighted by molar-refractivity contribution is 6.31. The van der Waals surface area contributed by atoms with Crippen molar-refractivity contribution in [3.05, 3.63) is 37.6 Å². The predicted molar refractivity (Wildman–Crippen MR) is 50.6 cm³/mol. The Hall–Kier alpha value is -1.82. The number of nitro benzene ring substituents is 1. The fourth-order valence-corrected chi connectivity index (χ4v) is 1.47. The van der Waals surface area contributed by atoms with Gasteiger partial charge in [0.1, 0.15) is 5.39 Å². The number of nitrogens with one attached hydrogen (secondary N) is 2. The Labute approximate surface area is 81.6 Å². The van der Waals surface area contributed by atoms with Crippen molar-refractivity contribution in [3.8, 4) is 0 Å². The predicted octanol–water partition coefficient (Wildman–Crippen LogP) is 1.42. The molecular weight excluding hydrogens is 210 g/mol. The minimum absolute atomic E-state index is 0.0133. The smallest absolute Gasteiger partial charge is 0.285 e. The third-order valence-electron chi connectivity index (χ3n) is 1.82. The normalized spacial score (nSPS) is 10.6. The summed E-state index contributed by atoms with van der Waals surface area (Å²) in [5, 5.41) is 15.6. The molecule has 1 aromatic heterocycles. The van der Waals surface area contributed by atoms with Gasteiger partial charge in [0, 0.05) is 11.1 Å². The summed E-state index contributed by atoms with van der Waals surface area (Å²) in [6.45, 7) is 0. The van der Waals surface area contributed by atoms with E-state index in [2.05, 4.69) is 10.2 Å². The quantitative estimate of drug-likeness (QED) is 0.554. The number of halogens is 1. The van der Waals surface area contributed by atoms with Gasteiger partial charge in [0.25, 0.3) is 11.2 Å². The molecule has 0 saturated carbocycles. The summed E-state index contributed by atoms with van der Waals surface area (Å²) in [7, 11) is 0. The van der Waals surface area contributed by atoms with Crippen LogP contribution in [0.1, 0.15) is 0 Å². The Morgan fingerprint density at radius 1 is 1.36 bits per heavy atom. The second-order valence-corrected chi connectivity index (χ2v) is 3.12. The molecule has 0 fully saturated rings. The van der Waals surface area contributed by atoms with Gasteiger partial charge in [0.05, 0.1) is 10.4 Å². The SMILES string of the molecule is O=c1[nH][nH]c2cc(Cl)cc([N+](=O)[O-])c12. The Morgan fingerprint density at radius 3 is 2.71 bits per heavy atom. The van der Waals surface area contributed by atoms with E-state index < -0.39 is 10.5 Å². The minimum atomic E-state index is -0.642. The number of benzene rings is 1. The highest BCUT2D eigenvalue weighted by Gasteiger charge is 2.17. The minimum Gasteiger partial charge on any atom is -0.297 e. The molecule has 0 bridgehead atoms. The molecule has 0 amide bonds. The summed E-state index contributed by atoms with van der Waals surface area (Å²) in [5.74, 6) is 0. The Balaban J connectivity index is 2.98. The zero-order valence-corrected chi connectivity index (χ0v) is 7.46. The molecule has 0 spiro atoms. The van der Waals surface area contributed by atoms with Gasteiger partial charge in [0.2, 0.25) is 0 Å². The third kappa shape index (κ3) is 1.16. The van der Waals surface area contributed by atoms with Crippen molar-refractivity contribution in [3.63, 3.8) is 0 Å². The molecule has 0 atom stereocenters. The van der Waals surface area contributed by atoms with E-state index in [1.165, 1.54) is 6.07 Å². The lowest BCUT2D eigenvalue weighted by atomic mass is 10.2. The number of H-pyrrole nitrogens is 2. The van der Waals surface area contributed by atoms with E-state index >= 15 is 0 Å². The van der Waals surface area contributed by atoms with Crippen molar-refractivity contribution in [2.75, 3.05) is 0 Å². The lowest BCUT2D eigenvalue weighted by molar-refractivity contribution is -0.383. The monoisotopic (exact) mass is 213 g/mol. The number of aromatic nitrogens is 2. The molecule has 2 N–H and O–H groups in total. The average Bonchev–Trinajstić information content (AvgIpc) is 2.46. The van der Waals surface area contributed by atoms with Crippen molar-refractivity contribution < 1.29 is 4.92 Å². The lowest BCUT2D eigenvalue weighted by Crippen LogP contribution is -2.01. The van der Waals surface area contributed by atoms with Gasteiger partial charge in [0.15, 0.2) is 0 Å². The fourth-order valence-electron chi connectivity index (χ4n) is 1.26. The van der Waals surface area contributed by atoms with Gasteiger partial charge in [-0.2, -0.15) is 0 Å².